The molecule has 0 saturated heterocycles. The summed E-state index contributed by atoms with van der Waals surface area (Å²) >= 11 is 5.93. The Kier molecular flexibility index (Phi) is 3.77. The molecule has 0 fully saturated rings. The smallest absolute Gasteiger partial charge is 0.261 e. The molecule has 0 radical (unpaired) electrons. The maximum Gasteiger partial charge on any atom is 0.261 e. The molecule has 2 aromatic carbocycles. The van der Waals surface area contributed by atoms with Gasteiger partial charge in [-0.25, -0.2) is 8.42 Å². The van der Waals surface area contributed by atoms with Gasteiger partial charge in [-0.15, -0.1) is 0 Å². The molecular weight excluding hydrogens is 360 g/mol. The zero-order chi connectivity index (χ0) is 17.8. The third-order valence-corrected chi connectivity index (χ3v) is 6.38. The Bertz CT molecular complexity index is 988. The number of nitrogens with zero attached hydrogens (tertiary/aromatic N) is 1. The summed E-state index contributed by atoms with van der Waals surface area (Å²) in [6.07, 6.45) is 1.62. The molecule has 1 amide bonds. The summed E-state index contributed by atoms with van der Waals surface area (Å²) in [4.78, 5) is 14.4. The number of anilines is 2. The van der Waals surface area contributed by atoms with E-state index in [4.69, 9.17) is 11.6 Å². The van der Waals surface area contributed by atoms with E-state index in [1.165, 1.54) is 0 Å². The van der Waals surface area contributed by atoms with E-state index in [-0.39, 0.29) is 16.7 Å². The molecule has 0 aromatic heterocycles. The summed E-state index contributed by atoms with van der Waals surface area (Å²) in [5.41, 5.74) is 3.04. The quantitative estimate of drug-likeness (QED) is 0.890. The van der Waals surface area contributed by atoms with Crippen LogP contribution in [-0.2, 0) is 21.2 Å². The molecule has 0 saturated carbocycles. The minimum Gasteiger partial charge on any atom is -0.311 e. The number of rotatable bonds is 3. The summed E-state index contributed by atoms with van der Waals surface area (Å²) in [7, 11) is -3.76. The fourth-order valence-electron chi connectivity index (χ4n) is 3.59. The van der Waals surface area contributed by atoms with Crippen molar-refractivity contribution < 1.29 is 13.2 Å². The number of benzene rings is 2. The second-order valence-corrected chi connectivity index (χ2v) is 8.57. The number of sulfonamides is 1. The summed E-state index contributed by atoms with van der Waals surface area (Å²) in [6, 6.07) is 9.88. The molecule has 1 N–H and O–H groups in total. The number of carbonyl (C=O) groups is 1. The summed E-state index contributed by atoms with van der Waals surface area (Å²) < 4.78 is 28.2. The van der Waals surface area contributed by atoms with Crippen LogP contribution in [0, 0.1) is 0 Å². The molecule has 2 heterocycles. The van der Waals surface area contributed by atoms with Crippen molar-refractivity contribution in [2.24, 2.45) is 0 Å². The molecule has 0 spiro atoms. The van der Waals surface area contributed by atoms with Crippen LogP contribution >= 0.6 is 11.6 Å². The molecule has 7 heteroatoms. The number of amides is 1. The zero-order valence-electron chi connectivity index (χ0n) is 13.6. The summed E-state index contributed by atoms with van der Waals surface area (Å²) in [5.74, 6) is -0.263. The highest BCUT2D eigenvalue weighted by molar-refractivity contribution is 7.92. The molecule has 0 bridgehead atoms. The first-order valence-corrected chi connectivity index (χ1v) is 9.99. The average Bonchev–Trinajstić information content (AvgIpc) is 2.81. The summed E-state index contributed by atoms with van der Waals surface area (Å²) in [5, 5.41) is 0.458. The van der Waals surface area contributed by atoms with Crippen LogP contribution in [0.5, 0.6) is 0 Å². The maximum absolute atomic E-state index is 12.8. The number of nitrogens with one attached hydrogen (secondary N) is 1. The molecule has 25 heavy (non-hydrogen) atoms. The third-order valence-electron chi connectivity index (χ3n) is 4.78. The van der Waals surface area contributed by atoms with Crippen LogP contribution in [0.4, 0.5) is 11.4 Å². The van der Waals surface area contributed by atoms with E-state index < -0.39 is 10.0 Å². The minimum atomic E-state index is -3.76. The average molecular weight is 377 g/mol. The van der Waals surface area contributed by atoms with Crippen LogP contribution in [0.1, 0.15) is 30.4 Å². The Morgan fingerprint density at radius 2 is 2.04 bits per heavy atom. The third kappa shape index (κ3) is 2.69. The van der Waals surface area contributed by atoms with Gasteiger partial charge in [0.05, 0.1) is 22.2 Å². The van der Waals surface area contributed by atoms with Crippen molar-refractivity contribution in [1.82, 2.24) is 0 Å². The number of aryl methyl sites for hydroxylation is 1. The second kappa shape index (κ2) is 5.75. The van der Waals surface area contributed by atoms with Gasteiger partial charge in [-0.1, -0.05) is 17.7 Å². The monoisotopic (exact) mass is 376 g/mol. The minimum absolute atomic E-state index is 0.0494. The van der Waals surface area contributed by atoms with Crippen LogP contribution in [0.25, 0.3) is 0 Å². The van der Waals surface area contributed by atoms with E-state index in [1.54, 1.807) is 41.3 Å². The van der Waals surface area contributed by atoms with Gasteiger partial charge in [0.1, 0.15) is 0 Å². The largest absolute Gasteiger partial charge is 0.311 e. The highest BCUT2D eigenvalue weighted by atomic mass is 35.5. The van der Waals surface area contributed by atoms with Gasteiger partial charge in [0.2, 0.25) is 5.91 Å². The van der Waals surface area contributed by atoms with Crippen molar-refractivity contribution in [1.29, 1.82) is 0 Å². The Morgan fingerprint density at radius 3 is 2.80 bits per heavy atom. The van der Waals surface area contributed by atoms with Gasteiger partial charge in [0.25, 0.3) is 10.0 Å². The first kappa shape index (κ1) is 16.4. The van der Waals surface area contributed by atoms with Crippen LogP contribution < -0.4 is 9.62 Å². The van der Waals surface area contributed by atoms with Gasteiger partial charge in [-0.3, -0.25) is 9.52 Å². The fraction of sp³-hybridized carbons (Fsp3) is 0.278. The Labute approximate surface area is 151 Å². The molecule has 4 rings (SSSR count). The lowest BCUT2D eigenvalue weighted by atomic mass is 9.97. The first-order valence-electron chi connectivity index (χ1n) is 8.13. The lowest BCUT2D eigenvalue weighted by molar-refractivity contribution is -0.119. The molecule has 130 valence electrons. The van der Waals surface area contributed by atoms with Crippen molar-refractivity contribution in [2.75, 3.05) is 16.2 Å². The van der Waals surface area contributed by atoms with Crippen molar-refractivity contribution in [2.45, 2.75) is 30.6 Å². The topological polar surface area (TPSA) is 66.5 Å². The van der Waals surface area contributed by atoms with Gasteiger partial charge in [0.15, 0.2) is 0 Å². The molecule has 5 nitrogen and oxygen atoms in total. The maximum atomic E-state index is 12.8. The van der Waals surface area contributed by atoms with Gasteiger partial charge in [-0.2, -0.15) is 0 Å². The molecule has 2 aliphatic heterocycles. The number of hydrogen-bond donors (Lipinski definition) is 1. The van der Waals surface area contributed by atoms with E-state index in [0.29, 0.717) is 17.3 Å². The van der Waals surface area contributed by atoms with Crippen molar-refractivity contribution in [3.8, 4) is 0 Å². The fourth-order valence-corrected chi connectivity index (χ4v) is 4.91. The van der Waals surface area contributed by atoms with Crippen molar-refractivity contribution >= 4 is 38.9 Å². The van der Waals surface area contributed by atoms with Gasteiger partial charge in [0, 0.05) is 11.6 Å². The highest BCUT2D eigenvalue weighted by Gasteiger charge is 2.38. The molecule has 0 aliphatic carbocycles. The van der Waals surface area contributed by atoms with E-state index in [2.05, 4.69) is 4.72 Å². The predicted molar refractivity (Wildman–Crippen MR) is 97.8 cm³/mol. The van der Waals surface area contributed by atoms with Gasteiger partial charge < -0.3 is 4.90 Å². The second-order valence-electron chi connectivity index (χ2n) is 6.45. The Morgan fingerprint density at radius 1 is 1.24 bits per heavy atom. The van der Waals surface area contributed by atoms with Crippen LogP contribution in [0.2, 0.25) is 5.02 Å². The van der Waals surface area contributed by atoms with E-state index in [1.807, 2.05) is 6.92 Å². The standard InChI is InChI=1S/C18H17ClN2O3S/c1-11-16-10-15(8-12-4-3-7-21(17(12)16)18(11)22)25(23,24)20-14-6-2-5-13(19)9-14/h2,5-6,8-11,20H,3-4,7H2,1H3. The van der Waals surface area contributed by atoms with Gasteiger partial charge in [-0.05, 0) is 61.2 Å². The van der Waals surface area contributed by atoms with Crippen LogP contribution in [0.3, 0.4) is 0 Å². The number of halogens is 1. The molecular formula is C18H17ClN2O3S. The van der Waals surface area contributed by atoms with Crippen LogP contribution in [-0.4, -0.2) is 20.9 Å². The molecule has 2 aromatic rings. The van der Waals surface area contributed by atoms with Crippen LogP contribution in [0.15, 0.2) is 41.3 Å². The first-order chi connectivity index (χ1) is 11.9. The predicted octanol–water partition coefficient (Wildman–Crippen LogP) is 3.54. The van der Waals surface area contributed by atoms with E-state index in [0.717, 1.165) is 29.7 Å². The lowest BCUT2D eigenvalue weighted by Gasteiger charge is -2.26. The summed E-state index contributed by atoms with van der Waals surface area (Å²) in [6.45, 7) is 2.53. The van der Waals surface area contributed by atoms with E-state index in [9.17, 15) is 13.2 Å². The Balaban J connectivity index is 1.78. The Hall–Kier alpha value is -2.05. The van der Waals surface area contributed by atoms with Crippen molar-refractivity contribution in [3.05, 3.63) is 52.5 Å². The molecule has 1 unspecified atom stereocenters. The van der Waals surface area contributed by atoms with E-state index >= 15 is 0 Å². The number of hydrogen-bond acceptors (Lipinski definition) is 3. The van der Waals surface area contributed by atoms with Crippen molar-refractivity contribution in [3.63, 3.8) is 0 Å². The molecule has 1 atom stereocenters. The lowest BCUT2D eigenvalue weighted by Crippen LogP contribution is -2.32. The van der Waals surface area contributed by atoms with Gasteiger partial charge >= 0.3 is 0 Å². The zero-order valence-corrected chi connectivity index (χ0v) is 15.2. The number of carbonyl (C=O) groups excluding carboxylic acids is 1. The SMILES string of the molecule is CC1C(=O)N2CCCc3cc(S(=O)(=O)Nc4cccc(Cl)c4)cc1c32. The normalized spacial score (nSPS) is 19.0. The highest BCUT2D eigenvalue weighted by Crippen LogP contribution is 2.44. The molecule has 2 aliphatic rings.